The van der Waals surface area contributed by atoms with Crippen LogP contribution in [0.3, 0.4) is 0 Å². The summed E-state index contributed by atoms with van der Waals surface area (Å²) >= 11 is 0. The van der Waals surface area contributed by atoms with E-state index in [-0.39, 0.29) is 36.7 Å². The molecule has 0 aliphatic rings. The standard InChI is InChI=1S/C14H25N5O2.C7H8.C4H10/c1-5-11(4)13(20)9-19-8-12(17-18-19)6-16-14(21)7-15-10(2)3;1-7-5-3-2-4-6-7;1-4(2)3/h8,10-11,15H,5-7,9H2,1-4H3,(H,16,21);2-6H,1H3;4H,1-3H3. The summed E-state index contributed by atoms with van der Waals surface area (Å²) in [5, 5.41) is 13.6. The summed E-state index contributed by atoms with van der Waals surface area (Å²) in [7, 11) is 0. The quantitative estimate of drug-likeness (QED) is 0.605. The van der Waals surface area contributed by atoms with Crippen molar-refractivity contribution in [2.45, 2.75) is 80.9 Å². The minimum absolute atomic E-state index is 0.0273. The normalized spacial score (nSPS) is 11.2. The molecule has 0 aliphatic carbocycles. The van der Waals surface area contributed by atoms with Gasteiger partial charge in [0.05, 0.1) is 19.3 Å². The number of ketones is 1. The molecule has 2 N–H and O–H groups in total. The predicted octanol–water partition coefficient (Wildman–Crippen LogP) is 4.16. The van der Waals surface area contributed by atoms with Crippen LogP contribution in [0.1, 0.15) is 66.1 Å². The van der Waals surface area contributed by atoms with E-state index in [1.54, 1.807) is 6.20 Å². The van der Waals surface area contributed by atoms with Gasteiger partial charge in [0.1, 0.15) is 12.2 Å². The van der Waals surface area contributed by atoms with Crippen LogP contribution in [0.4, 0.5) is 0 Å². The van der Waals surface area contributed by atoms with Gasteiger partial charge in [-0.15, -0.1) is 5.10 Å². The molecule has 1 aromatic carbocycles. The van der Waals surface area contributed by atoms with Gasteiger partial charge in [0.2, 0.25) is 5.91 Å². The van der Waals surface area contributed by atoms with Crippen LogP contribution in [0, 0.1) is 18.8 Å². The number of amides is 1. The summed E-state index contributed by atoms with van der Waals surface area (Å²) in [4.78, 5) is 23.4. The summed E-state index contributed by atoms with van der Waals surface area (Å²) in [5.74, 6) is 0.910. The van der Waals surface area contributed by atoms with Crippen molar-refractivity contribution in [3.05, 3.63) is 47.8 Å². The van der Waals surface area contributed by atoms with Gasteiger partial charge in [0.15, 0.2) is 5.78 Å². The van der Waals surface area contributed by atoms with Crippen molar-refractivity contribution in [1.82, 2.24) is 25.6 Å². The fraction of sp³-hybridized carbons (Fsp3) is 0.600. The Labute approximate surface area is 194 Å². The lowest BCUT2D eigenvalue weighted by Crippen LogP contribution is -2.36. The molecule has 7 nitrogen and oxygen atoms in total. The van der Waals surface area contributed by atoms with Gasteiger partial charge in [-0.05, 0) is 19.3 Å². The van der Waals surface area contributed by atoms with Crippen molar-refractivity contribution in [1.29, 1.82) is 0 Å². The van der Waals surface area contributed by atoms with Crippen molar-refractivity contribution < 1.29 is 9.59 Å². The first-order valence-corrected chi connectivity index (χ1v) is 11.5. The molecule has 0 aliphatic heterocycles. The first-order valence-electron chi connectivity index (χ1n) is 11.5. The predicted molar refractivity (Wildman–Crippen MR) is 131 cm³/mol. The topological polar surface area (TPSA) is 88.9 Å². The van der Waals surface area contributed by atoms with Crippen LogP contribution in [-0.2, 0) is 22.7 Å². The summed E-state index contributed by atoms with van der Waals surface area (Å²) < 4.78 is 1.52. The second kappa shape index (κ2) is 17.1. The van der Waals surface area contributed by atoms with E-state index in [2.05, 4.69) is 60.8 Å². The molecule has 1 heterocycles. The number of carbonyl (C=O) groups excluding carboxylic acids is 2. The smallest absolute Gasteiger partial charge is 0.234 e. The average molecular weight is 446 g/mol. The van der Waals surface area contributed by atoms with Crippen LogP contribution < -0.4 is 10.6 Å². The highest BCUT2D eigenvalue weighted by Crippen LogP contribution is 2.04. The van der Waals surface area contributed by atoms with E-state index in [1.165, 1.54) is 10.2 Å². The minimum Gasteiger partial charge on any atom is -0.349 e. The number of benzene rings is 1. The molecule has 0 bridgehead atoms. The van der Waals surface area contributed by atoms with Crippen LogP contribution in [0.5, 0.6) is 0 Å². The summed E-state index contributed by atoms with van der Waals surface area (Å²) in [6.45, 7) is 17.2. The minimum atomic E-state index is -0.0890. The molecule has 0 fully saturated rings. The molecule has 0 saturated heterocycles. The molecule has 0 saturated carbocycles. The summed E-state index contributed by atoms with van der Waals surface area (Å²) in [6.07, 6.45) is 2.51. The number of hydrogen-bond donors (Lipinski definition) is 2. The Morgan fingerprint density at radius 2 is 1.62 bits per heavy atom. The monoisotopic (exact) mass is 445 g/mol. The highest BCUT2D eigenvalue weighted by atomic mass is 16.2. The Morgan fingerprint density at radius 1 is 1.03 bits per heavy atom. The molecule has 2 rings (SSSR count). The van der Waals surface area contributed by atoms with E-state index < -0.39 is 0 Å². The number of aromatic nitrogens is 3. The van der Waals surface area contributed by atoms with Gasteiger partial charge in [0.25, 0.3) is 0 Å². The number of rotatable bonds is 9. The Hall–Kier alpha value is -2.54. The molecule has 180 valence electrons. The largest absolute Gasteiger partial charge is 0.349 e. The van der Waals surface area contributed by atoms with E-state index in [4.69, 9.17) is 0 Å². The molecular formula is C25H43N5O2. The van der Waals surface area contributed by atoms with E-state index >= 15 is 0 Å². The van der Waals surface area contributed by atoms with Crippen molar-refractivity contribution in [3.8, 4) is 0 Å². The lowest BCUT2D eigenvalue weighted by molar-refractivity contribution is -0.123. The maximum Gasteiger partial charge on any atom is 0.234 e. The van der Waals surface area contributed by atoms with Gasteiger partial charge in [-0.25, -0.2) is 4.68 Å². The SMILES string of the molecule is CC(C)C.CCC(C)C(=O)Cn1cc(CNC(=O)CNC(C)C)nn1.Cc1ccccc1. The fourth-order valence-electron chi connectivity index (χ4n) is 2.12. The van der Waals surface area contributed by atoms with E-state index in [1.807, 2.05) is 45.9 Å². The van der Waals surface area contributed by atoms with Crippen LogP contribution in [0.25, 0.3) is 0 Å². The maximum atomic E-state index is 11.8. The van der Waals surface area contributed by atoms with Crippen molar-refractivity contribution in [2.24, 2.45) is 11.8 Å². The molecule has 7 heteroatoms. The number of nitrogens with zero attached hydrogens (tertiary/aromatic N) is 3. The van der Waals surface area contributed by atoms with Crippen LogP contribution in [0.15, 0.2) is 36.5 Å². The van der Waals surface area contributed by atoms with Gasteiger partial charge in [-0.1, -0.05) is 89.6 Å². The van der Waals surface area contributed by atoms with Gasteiger partial charge in [0, 0.05) is 12.0 Å². The Kier molecular flexibility index (Phi) is 15.7. The molecule has 1 atom stereocenters. The zero-order valence-electron chi connectivity index (χ0n) is 21.2. The van der Waals surface area contributed by atoms with Gasteiger partial charge in [-0.2, -0.15) is 0 Å². The Balaban J connectivity index is 0.000000712. The lowest BCUT2D eigenvalue weighted by atomic mass is 10.0. The van der Waals surface area contributed by atoms with Gasteiger partial charge >= 0.3 is 0 Å². The third kappa shape index (κ3) is 16.2. The first kappa shape index (κ1) is 29.5. The van der Waals surface area contributed by atoms with Gasteiger partial charge in [-0.3, -0.25) is 9.59 Å². The Bertz CT molecular complexity index is 754. The molecule has 1 amide bonds. The number of hydrogen-bond acceptors (Lipinski definition) is 5. The molecule has 2 aromatic rings. The van der Waals surface area contributed by atoms with Crippen LogP contribution in [0.2, 0.25) is 0 Å². The number of Topliss-reactive ketones (excluding diaryl/α,β-unsaturated/α-hetero) is 1. The Morgan fingerprint density at radius 3 is 2.09 bits per heavy atom. The van der Waals surface area contributed by atoms with Crippen molar-refractivity contribution in [3.63, 3.8) is 0 Å². The van der Waals surface area contributed by atoms with Gasteiger partial charge < -0.3 is 10.6 Å². The average Bonchev–Trinajstić information content (AvgIpc) is 3.18. The zero-order valence-corrected chi connectivity index (χ0v) is 21.2. The maximum absolute atomic E-state index is 11.8. The van der Waals surface area contributed by atoms with E-state index in [0.717, 1.165) is 12.3 Å². The second-order valence-electron chi connectivity index (χ2n) is 8.88. The third-order valence-corrected chi connectivity index (χ3v) is 4.14. The lowest BCUT2D eigenvalue weighted by Gasteiger charge is -2.07. The summed E-state index contributed by atoms with van der Waals surface area (Å²) in [6, 6.07) is 10.5. The number of nitrogens with one attached hydrogen (secondary N) is 2. The fourth-order valence-corrected chi connectivity index (χ4v) is 2.12. The van der Waals surface area contributed by atoms with Crippen LogP contribution >= 0.6 is 0 Å². The van der Waals surface area contributed by atoms with Crippen molar-refractivity contribution >= 4 is 11.7 Å². The molecular weight excluding hydrogens is 402 g/mol. The molecule has 32 heavy (non-hydrogen) atoms. The molecule has 1 unspecified atom stereocenters. The first-order chi connectivity index (χ1) is 15.0. The van der Waals surface area contributed by atoms with E-state index in [0.29, 0.717) is 12.2 Å². The zero-order chi connectivity index (χ0) is 24.5. The summed E-state index contributed by atoms with van der Waals surface area (Å²) in [5.41, 5.74) is 1.97. The molecule has 0 spiro atoms. The highest BCUT2D eigenvalue weighted by molar-refractivity contribution is 5.80. The van der Waals surface area contributed by atoms with Crippen molar-refractivity contribution in [2.75, 3.05) is 6.54 Å². The number of aryl methyl sites for hydroxylation is 1. The second-order valence-corrected chi connectivity index (χ2v) is 8.88. The van der Waals surface area contributed by atoms with Crippen LogP contribution in [-0.4, -0.2) is 39.3 Å². The number of carbonyl (C=O) groups is 2. The highest BCUT2D eigenvalue weighted by Gasteiger charge is 2.12. The molecule has 0 radical (unpaired) electrons. The molecule has 1 aromatic heterocycles. The third-order valence-electron chi connectivity index (χ3n) is 4.14. The van der Waals surface area contributed by atoms with E-state index in [9.17, 15) is 9.59 Å².